The summed E-state index contributed by atoms with van der Waals surface area (Å²) in [6.45, 7) is 2.37. The zero-order valence-electron chi connectivity index (χ0n) is 17.0. The van der Waals surface area contributed by atoms with Gasteiger partial charge in [-0.2, -0.15) is 13.2 Å². The fraction of sp³-hybridized carbons (Fsp3) is 0.136. The molecular weight excluding hydrogens is 419 g/mol. The number of pyridine rings is 3. The van der Waals surface area contributed by atoms with Gasteiger partial charge in [0.1, 0.15) is 17.3 Å². The summed E-state index contributed by atoms with van der Waals surface area (Å²) < 4.78 is 40.5. The summed E-state index contributed by atoms with van der Waals surface area (Å²) in [5.74, 6) is 0.410. The van der Waals surface area contributed by atoms with E-state index in [0.717, 1.165) is 29.5 Å². The van der Waals surface area contributed by atoms with E-state index in [9.17, 15) is 13.2 Å². The number of allylic oxidation sites excluding steroid dienone is 1. The van der Waals surface area contributed by atoms with E-state index >= 15 is 0 Å². The Morgan fingerprint density at radius 3 is 2.59 bits per heavy atom. The Kier molecular flexibility index (Phi) is 5.93. The normalized spacial score (nSPS) is 11.8. The SMILES string of the molecule is Cc1cc(Nc2cc(C(F)(F)F)ccn2)nc(-c2cn(CC=Cc3ccncc3)nn2)c1. The number of rotatable bonds is 6. The lowest BCUT2D eigenvalue weighted by molar-refractivity contribution is -0.137. The maximum Gasteiger partial charge on any atom is 0.416 e. The minimum Gasteiger partial charge on any atom is -0.325 e. The Morgan fingerprint density at radius 2 is 1.81 bits per heavy atom. The average Bonchev–Trinajstić information content (AvgIpc) is 3.23. The fourth-order valence-corrected chi connectivity index (χ4v) is 2.95. The van der Waals surface area contributed by atoms with Crippen LogP contribution in [0.2, 0.25) is 0 Å². The van der Waals surface area contributed by atoms with Crippen molar-refractivity contribution in [2.75, 3.05) is 5.32 Å². The maximum absolute atomic E-state index is 12.9. The van der Waals surface area contributed by atoms with Crippen LogP contribution in [0, 0.1) is 6.92 Å². The summed E-state index contributed by atoms with van der Waals surface area (Å²) in [5, 5.41) is 11.1. The van der Waals surface area contributed by atoms with Gasteiger partial charge in [-0.3, -0.25) is 4.98 Å². The van der Waals surface area contributed by atoms with Crippen LogP contribution in [0.4, 0.5) is 24.8 Å². The van der Waals surface area contributed by atoms with Crippen LogP contribution >= 0.6 is 0 Å². The lowest BCUT2D eigenvalue weighted by Gasteiger charge is -2.10. The number of aromatic nitrogens is 6. The van der Waals surface area contributed by atoms with Crippen molar-refractivity contribution in [3.8, 4) is 11.4 Å². The fourth-order valence-electron chi connectivity index (χ4n) is 2.95. The Labute approximate surface area is 181 Å². The third kappa shape index (κ3) is 5.34. The summed E-state index contributed by atoms with van der Waals surface area (Å²) in [6, 6.07) is 9.19. The second kappa shape index (κ2) is 8.96. The molecule has 0 fully saturated rings. The molecule has 4 rings (SSSR count). The first-order valence-corrected chi connectivity index (χ1v) is 9.63. The molecule has 0 atom stereocenters. The van der Waals surface area contributed by atoms with Crippen LogP contribution in [0.25, 0.3) is 17.5 Å². The molecule has 0 saturated heterocycles. The van der Waals surface area contributed by atoms with E-state index in [1.165, 1.54) is 0 Å². The predicted octanol–water partition coefficient (Wildman–Crippen LogP) is 4.91. The van der Waals surface area contributed by atoms with Gasteiger partial charge in [-0.1, -0.05) is 17.4 Å². The third-order valence-electron chi connectivity index (χ3n) is 4.42. The van der Waals surface area contributed by atoms with Gasteiger partial charge in [0.2, 0.25) is 0 Å². The van der Waals surface area contributed by atoms with E-state index in [1.54, 1.807) is 29.3 Å². The first-order valence-electron chi connectivity index (χ1n) is 9.63. The minimum atomic E-state index is -4.45. The number of alkyl halides is 3. The van der Waals surface area contributed by atoms with Gasteiger partial charge < -0.3 is 5.32 Å². The van der Waals surface area contributed by atoms with Crippen molar-refractivity contribution in [1.82, 2.24) is 29.9 Å². The standard InChI is InChI=1S/C22H18F3N7/c1-15-11-18(19-14-32(31-30-19)10-2-3-16-4-7-26-8-5-16)28-21(12-15)29-20-13-17(6-9-27-20)22(23,24)25/h2-9,11-14H,10H2,1H3,(H,27,28,29). The Hall–Kier alpha value is -4.08. The second-order valence-corrected chi connectivity index (χ2v) is 6.98. The van der Waals surface area contributed by atoms with Crippen molar-refractivity contribution in [3.63, 3.8) is 0 Å². The van der Waals surface area contributed by atoms with Crippen LogP contribution in [0.5, 0.6) is 0 Å². The molecule has 0 aliphatic heterocycles. The van der Waals surface area contributed by atoms with Gasteiger partial charge in [0, 0.05) is 18.6 Å². The first-order chi connectivity index (χ1) is 15.4. The topological polar surface area (TPSA) is 81.4 Å². The van der Waals surface area contributed by atoms with Crippen molar-refractivity contribution in [2.24, 2.45) is 0 Å². The molecule has 0 aliphatic carbocycles. The molecular formula is C22H18F3N7. The van der Waals surface area contributed by atoms with Crippen molar-refractivity contribution >= 4 is 17.7 Å². The Balaban J connectivity index is 1.50. The highest BCUT2D eigenvalue weighted by molar-refractivity contribution is 5.61. The summed E-state index contributed by atoms with van der Waals surface area (Å²) in [5.41, 5.74) is 2.19. The van der Waals surface area contributed by atoms with E-state index in [0.29, 0.717) is 23.8 Å². The molecule has 4 aromatic heterocycles. The van der Waals surface area contributed by atoms with Gasteiger partial charge in [0.25, 0.3) is 0 Å². The van der Waals surface area contributed by atoms with Crippen molar-refractivity contribution in [3.05, 3.63) is 84.0 Å². The number of hydrogen-bond donors (Lipinski definition) is 1. The summed E-state index contributed by atoms with van der Waals surface area (Å²) in [6.07, 6.45) is 5.75. The van der Waals surface area contributed by atoms with E-state index in [2.05, 4.69) is 30.6 Å². The Morgan fingerprint density at radius 1 is 1.00 bits per heavy atom. The van der Waals surface area contributed by atoms with Crippen LogP contribution < -0.4 is 5.32 Å². The van der Waals surface area contributed by atoms with Gasteiger partial charge in [0.05, 0.1) is 24.0 Å². The van der Waals surface area contributed by atoms with Gasteiger partial charge in [-0.05, 0) is 54.4 Å². The summed E-state index contributed by atoms with van der Waals surface area (Å²) in [4.78, 5) is 12.4. The molecule has 4 heterocycles. The largest absolute Gasteiger partial charge is 0.416 e. The molecule has 0 radical (unpaired) electrons. The molecule has 7 nitrogen and oxygen atoms in total. The van der Waals surface area contributed by atoms with Gasteiger partial charge in [-0.25, -0.2) is 14.6 Å². The van der Waals surface area contributed by atoms with E-state index in [1.807, 2.05) is 37.3 Å². The average molecular weight is 437 g/mol. The second-order valence-electron chi connectivity index (χ2n) is 6.98. The molecule has 10 heteroatoms. The molecule has 4 aromatic rings. The van der Waals surface area contributed by atoms with Gasteiger partial charge in [0.15, 0.2) is 0 Å². The zero-order valence-corrected chi connectivity index (χ0v) is 17.0. The summed E-state index contributed by atoms with van der Waals surface area (Å²) >= 11 is 0. The van der Waals surface area contributed by atoms with Gasteiger partial charge >= 0.3 is 6.18 Å². The number of nitrogens with one attached hydrogen (secondary N) is 1. The third-order valence-corrected chi connectivity index (χ3v) is 4.42. The molecule has 32 heavy (non-hydrogen) atoms. The first kappa shape index (κ1) is 21.2. The number of hydrogen-bond acceptors (Lipinski definition) is 6. The predicted molar refractivity (Wildman–Crippen MR) is 114 cm³/mol. The lowest BCUT2D eigenvalue weighted by Crippen LogP contribution is -2.06. The summed E-state index contributed by atoms with van der Waals surface area (Å²) in [7, 11) is 0. The highest BCUT2D eigenvalue weighted by atomic mass is 19.4. The zero-order chi connectivity index (χ0) is 22.6. The Bertz CT molecular complexity index is 1230. The molecule has 0 bridgehead atoms. The highest BCUT2D eigenvalue weighted by Gasteiger charge is 2.30. The van der Waals surface area contributed by atoms with E-state index in [-0.39, 0.29) is 5.82 Å². The molecule has 0 saturated carbocycles. The number of nitrogens with zero attached hydrogens (tertiary/aromatic N) is 6. The quantitative estimate of drug-likeness (QED) is 0.461. The van der Waals surface area contributed by atoms with Crippen molar-refractivity contribution in [2.45, 2.75) is 19.6 Å². The smallest absolute Gasteiger partial charge is 0.325 e. The van der Waals surface area contributed by atoms with E-state index in [4.69, 9.17) is 0 Å². The maximum atomic E-state index is 12.9. The molecule has 0 aliphatic rings. The molecule has 0 unspecified atom stereocenters. The van der Waals surface area contributed by atoms with Crippen molar-refractivity contribution in [1.29, 1.82) is 0 Å². The number of anilines is 2. The van der Waals surface area contributed by atoms with Crippen LogP contribution in [-0.4, -0.2) is 29.9 Å². The molecule has 0 spiro atoms. The monoisotopic (exact) mass is 437 g/mol. The minimum absolute atomic E-state index is 0.0498. The molecule has 0 amide bonds. The number of halogens is 3. The van der Waals surface area contributed by atoms with Crippen molar-refractivity contribution < 1.29 is 13.2 Å². The molecule has 1 N–H and O–H groups in total. The molecule has 162 valence electrons. The van der Waals surface area contributed by atoms with Crippen LogP contribution in [0.15, 0.2) is 67.3 Å². The van der Waals surface area contributed by atoms with E-state index < -0.39 is 11.7 Å². The highest BCUT2D eigenvalue weighted by Crippen LogP contribution is 2.30. The number of aryl methyl sites for hydroxylation is 1. The molecule has 0 aromatic carbocycles. The van der Waals surface area contributed by atoms with Gasteiger partial charge in [-0.15, -0.1) is 5.10 Å². The van der Waals surface area contributed by atoms with Crippen LogP contribution in [0.1, 0.15) is 16.7 Å². The van der Waals surface area contributed by atoms with Crippen LogP contribution in [0.3, 0.4) is 0 Å². The van der Waals surface area contributed by atoms with Crippen LogP contribution in [-0.2, 0) is 12.7 Å². The lowest BCUT2D eigenvalue weighted by atomic mass is 10.2.